The quantitative estimate of drug-likeness (QED) is 0.846. The van der Waals surface area contributed by atoms with E-state index in [1.165, 1.54) is 27.4 Å². The summed E-state index contributed by atoms with van der Waals surface area (Å²) in [5.41, 5.74) is 0.515. The van der Waals surface area contributed by atoms with Crippen LogP contribution in [-0.2, 0) is 14.8 Å². The molecule has 2 atom stereocenters. The monoisotopic (exact) mass is 351 g/mol. The largest absolute Gasteiger partial charge is 0.481 e. The number of hydrogen-bond donors (Lipinski definition) is 1. The second-order valence-corrected chi connectivity index (χ2v) is 7.89. The molecule has 2 aromatic rings. The summed E-state index contributed by atoms with van der Waals surface area (Å²) in [6.07, 6.45) is 1.85. The molecular weight excluding hydrogens is 334 g/mol. The molecule has 0 bridgehead atoms. The van der Waals surface area contributed by atoms with Crippen LogP contribution >= 0.6 is 0 Å². The molecule has 3 rings (SSSR count). The fourth-order valence-electron chi connectivity index (χ4n) is 2.89. The SMILES string of the molecule is CC1CC(C(=O)O)CN(S(=O)(=O)c2cccc(-n3cnnn3)c2)C1. The van der Waals surface area contributed by atoms with Crippen molar-refractivity contribution in [3.63, 3.8) is 0 Å². The van der Waals surface area contributed by atoms with Gasteiger partial charge in [-0.05, 0) is 41.0 Å². The molecule has 0 saturated carbocycles. The van der Waals surface area contributed by atoms with Crippen molar-refractivity contribution in [2.75, 3.05) is 13.1 Å². The van der Waals surface area contributed by atoms with E-state index < -0.39 is 21.9 Å². The van der Waals surface area contributed by atoms with Crippen LogP contribution in [-0.4, -0.2) is 57.1 Å². The highest BCUT2D eigenvalue weighted by Crippen LogP contribution is 2.27. The first-order chi connectivity index (χ1) is 11.4. The Labute approximate surface area is 138 Å². The van der Waals surface area contributed by atoms with Gasteiger partial charge in [-0.3, -0.25) is 4.79 Å². The summed E-state index contributed by atoms with van der Waals surface area (Å²) in [4.78, 5) is 11.4. The number of aliphatic carboxylic acids is 1. The summed E-state index contributed by atoms with van der Waals surface area (Å²) in [6, 6.07) is 6.25. The second kappa shape index (κ2) is 6.29. The molecule has 1 aromatic heterocycles. The minimum absolute atomic E-state index is 0.0164. The van der Waals surface area contributed by atoms with E-state index in [0.717, 1.165) is 0 Å². The summed E-state index contributed by atoms with van der Waals surface area (Å²) >= 11 is 0. The fourth-order valence-corrected chi connectivity index (χ4v) is 4.54. The Bertz CT molecular complexity index is 837. The van der Waals surface area contributed by atoms with Gasteiger partial charge in [-0.1, -0.05) is 13.0 Å². The molecule has 0 spiro atoms. The van der Waals surface area contributed by atoms with Crippen molar-refractivity contribution >= 4 is 16.0 Å². The second-order valence-electron chi connectivity index (χ2n) is 5.95. The fraction of sp³-hybridized carbons (Fsp3) is 0.429. The Balaban J connectivity index is 1.93. The average Bonchev–Trinajstić information content (AvgIpc) is 3.09. The van der Waals surface area contributed by atoms with Gasteiger partial charge < -0.3 is 5.11 Å². The van der Waals surface area contributed by atoms with E-state index >= 15 is 0 Å². The summed E-state index contributed by atoms with van der Waals surface area (Å²) < 4.78 is 28.4. The number of hydrogen-bond acceptors (Lipinski definition) is 6. The molecule has 0 radical (unpaired) electrons. The molecule has 1 N–H and O–H groups in total. The van der Waals surface area contributed by atoms with Crippen LogP contribution in [0, 0.1) is 11.8 Å². The van der Waals surface area contributed by atoms with Gasteiger partial charge in [0, 0.05) is 13.1 Å². The topological polar surface area (TPSA) is 118 Å². The van der Waals surface area contributed by atoms with E-state index in [2.05, 4.69) is 15.5 Å². The molecule has 2 unspecified atom stereocenters. The summed E-state index contributed by atoms with van der Waals surface area (Å²) in [7, 11) is -3.79. The number of tetrazole rings is 1. The normalized spacial score (nSPS) is 22.4. The minimum atomic E-state index is -3.79. The third-order valence-electron chi connectivity index (χ3n) is 4.04. The maximum atomic E-state index is 12.9. The Morgan fingerprint density at radius 3 is 2.79 bits per heavy atom. The Kier molecular flexibility index (Phi) is 4.33. The average molecular weight is 351 g/mol. The maximum absolute atomic E-state index is 12.9. The van der Waals surface area contributed by atoms with Crippen molar-refractivity contribution in [3.05, 3.63) is 30.6 Å². The van der Waals surface area contributed by atoms with Crippen LogP contribution < -0.4 is 0 Å². The number of sulfonamides is 1. The van der Waals surface area contributed by atoms with Crippen LogP contribution in [0.5, 0.6) is 0 Å². The van der Waals surface area contributed by atoms with Crippen LogP contribution in [0.4, 0.5) is 0 Å². The van der Waals surface area contributed by atoms with Gasteiger partial charge >= 0.3 is 5.97 Å². The molecule has 2 heterocycles. The first kappa shape index (κ1) is 16.5. The predicted octanol–water partition coefficient (Wildman–Crippen LogP) is 0.394. The molecule has 1 fully saturated rings. The summed E-state index contributed by atoms with van der Waals surface area (Å²) in [5, 5.41) is 20.0. The molecule has 10 heteroatoms. The summed E-state index contributed by atoms with van der Waals surface area (Å²) in [5.74, 6) is -1.67. The van der Waals surface area contributed by atoms with E-state index in [1.807, 2.05) is 6.92 Å². The van der Waals surface area contributed by atoms with Gasteiger partial charge in [-0.15, -0.1) is 5.10 Å². The van der Waals surface area contributed by atoms with Crippen molar-refractivity contribution in [2.24, 2.45) is 11.8 Å². The molecule has 1 aliphatic rings. The highest BCUT2D eigenvalue weighted by atomic mass is 32.2. The molecule has 0 amide bonds. The number of nitrogens with zero attached hydrogens (tertiary/aromatic N) is 5. The van der Waals surface area contributed by atoms with Gasteiger partial charge in [0.1, 0.15) is 6.33 Å². The van der Waals surface area contributed by atoms with Gasteiger partial charge in [0.15, 0.2) is 0 Å². The molecular formula is C14H17N5O4S. The standard InChI is InChI=1S/C14H17N5O4S/c1-10-5-11(14(20)21)8-18(7-10)24(22,23)13-4-2-3-12(6-13)19-9-15-16-17-19/h2-4,6,9-11H,5,7-8H2,1H3,(H,20,21). The van der Waals surface area contributed by atoms with Crippen LogP contribution in [0.1, 0.15) is 13.3 Å². The third-order valence-corrected chi connectivity index (χ3v) is 5.87. The Hall–Kier alpha value is -2.33. The molecule has 128 valence electrons. The highest BCUT2D eigenvalue weighted by molar-refractivity contribution is 7.89. The highest BCUT2D eigenvalue weighted by Gasteiger charge is 2.36. The number of carboxylic acid groups (broad SMARTS) is 1. The van der Waals surface area contributed by atoms with Crippen LogP contribution in [0.15, 0.2) is 35.5 Å². The number of benzene rings is 1. The number of rotatable bonds is 4. The first-order valence-corrected chi connectivity index (χ1v) is 8.88. The maximum Gasteiger partial charge on any atom is 0.307 e. The van der Waals surface area contributed by atoms with Gasteiger partial charge in [0.05, 0.1) is 16.5 Å². The zero-order valence-corrected chi connectivity index (χ0v) is 13.8. The Morgan fingerprint density at radius 1 is 1.33 bits per heavy atom. The molecule has 0 aliphatic carbocycles. The van der Waals surface area contributed by atoms with Crippen LogP contribution in [0.25, 0.3) is 5.69 Å². The molecule has 1 aliphatic heterocycles. The van der Waals surface area contributed by atoms with Gasteiger partial charge in [-0.2, -0.15) is 4.31 Å². The first-order valence-electron chi connectivity index (χ1n) is 7.44. The van der Waals surface area contributed by atoms with Crippen LogP contribution in [0.3, 0.4) is 0 Å². The van der Waals surface area contributed by atoms with Crippen molar-refractivity contribution in [1.29, 1.82) is 0 Å². The van der Waals surface area contributed by atoms with Gasteiger partial charge in [-0.25, -0.2) is 13.1 Å². The van der Waals surface area contributed by atoms with E-state index in [9.17, 15) is 18.3 Å². The number of carboxylic acids is 1. The summed E-state index contributed by atoms with van der Waals surface area (Å²) in [6.45, 7) is 2.15. The van der Waals surface area contributed by atoms with Crippen LogP contribution in [0.2, 0.25) is 0 Å². The zero-order valence-electron chi connectivity index (χ0n) is 13.0. The molecule has 24 heavy (non-hydrogen) atoms. The lowest BCUT2D eigenvalue weighted by molar-refractivity contribution is -0.143. The minimum Gasteiger partial charge on any atom is -0.481 e. The van der Waals surface area contributed by atoms with Crippen molar-refractivity contribution in [3.8, 4) is 5.69 Å². The predicted molar refractivity (Wildman–Crippen MR) is 82.8 cm³/mol. The van der Waals surface area contributed by atoms with E-state index in [1.54, 1.807) is 12.1 Å². The van der Waals surface area contributed by atoms with E-state index in [-0.39, 0.29) is 17.4 Å². The zero-order chi connectivity index (χ0) is 17.3. The van der Waals surface area contributed by atoms with E-state index in [0.29, 0.717) is 18.7 Å². The lowest BCUT2D eigenvalue weighted by Crippen LogP contribution is -2.45. The lowest BCUT2D eigenvalue weighted by Gasteiger charge is -2.33. The Morgan fingerprint density at radius 2 is 2.12 bits per heavy atom. The van der Waals surface area contributed by atoms with Crippen molar-refractivity contribution in [1.82, 2.24) is 24.5 Å². The smallest absolute Gasteiger partial charge is 0.307 e. The lowest BCUT2D eigenvalue weighted by atomic mass is 9.92. The van der Waals surface area contributed by atoms with Crippen molar-refractivity contribution < 1.29 is 18.3 Å². The molecule has 1 aromatic carbocycles. The number of carbonyl (C=O) groups is 1. The van der Waals surface area contributed by atoms with E-state index in [4.69, 9.17) is 0 Å². The number of piperidine rings is 1. The van der Waals surface area contributed by atoms with Gasteiger partial charge in [0.25, 0.3) is 0 Å². The molecule has 9 nitrogen and oxygen atoms in total. The van der Waals surface area contributed by atoms with Gasteiger partial charge in [0.2, 0.25) is 10.0 Å². The molecule has 1 saturated heterocycles. The van der Waals surface area contributed by atoms with Crippen molar-refractivity contribution in [2.45, 2.75) is 18.2 Å². The third kappa shape index (κ3) is 3.15. The number of aromatic nitrogens is 4.